The molecule has 0 bridgehead atoms. The lowest BCUT2D eigenvalue weighted by Crippen LogP contribution is -2.29. The molecule has 5 rings (SSSR count). The zero-order valence-corrected chi connectivity index (χ0v) is 19.2. The maximum Gasteiger partial charge on any atom is 0.296 e. The first kappa shape index (κ1) is 22.5. The first-order valence-corrected chi connectivity index (χ1v) is 11.3. The highest BCUT2D eigenvalue weighted by Gasteiger charge is 2.46. The van der Waals surface area contributed by atoms with Crippen molar-refractivity contribution in [1.29, 1.82) is 0 Å². The van der Waals surface area contributed by atoms with E-state index in [0.717, 1.165) is 0 Å². The molecule has 1 aromatic heterocycles. The highest BCUT2D eigenvalue weighted by Crippen LogP contribution is 2.41. The van der Waals surface area contributed by atoms with Crippen LogP contribution in [0.1, 0.15) is 22.9 Å². The number of benzene rings is 3. The molecule has 0 spiro atoms. The van der Waals surface area contributed by atoms with Gasteiger partial charge in [0.25, 0.3) is 11.7 Å². The van der Waals surface area contributed by atoms with Crippen molar-refractivity contribution in [3.63, 3.8) is 0 Å². The van der Waals surface area contributed by atoms with Crippen LogP contribution in [0.3, 0.4) is 0 Å². The lowest BCUT2D eigenvalue weighted by atomic mass is 9.95. The number of aliphatic hydroxyl groups excluding tert-OH is 1. The number of nitrogens with zero attached hydrogens (tertiary/aromatic N) is 1. The topological polar surface area (TPSA) is 80.0 Å². The van der Waals surface area contributed by atoms with Crippen molar-refractivity contribution in [2.45, 2.75) is 12.6 Å². The SMILES string of the molecule is O=C1C(=O)N(Cc2ccco2)C(c2cccc(Oc3ccccc3)c2)/C1=C(\O)c1ccc(Cl)cc1. The first-order valence-electron chi connectivity index (χ1n) is 10.9. The van der Waals surface area contributed by atoms with Gasteiger partial charge in [-0.3, -0.25) is 9.59 Å². The summed E-state index contributed by atoms with van der Waals surface area (Å²) >= 11 is 5.99. The molecule has 1 aliphatic rings. The van der Waals surface area contributed by atoms with E-state index in [9.17, 15) is 14.7 Å². The van der Waals surface area contributed by atoms with Crippen molar-refractivity contribution >= 4 is 29.1 Å². The summed E-state index contributed by atoms with van der Waals surface area (Å²) in [5.74, 6) is -0.0830. The van der Waals surface area contributed by atoms with Crippen LogP contribution in [0.5, 0.6) is 11.5 Å². The van der Waals surface area contributed by atoms with E-state index in [0.29, 0.717) is 33.4 Å². The number of para-hydroxylation sites is 1. The van der Waals surface area contributed by atoms with Crippen molar-refractivity contribution in [3.05, 3.63) is 125 Å². The van der Waals surface area contributed by atoms with E-state index in [4.69, 9.17) is 20.8 Å². The number of Topliss-reactive ketones (excluding diaryl/α,β-unsaturated/α-hetero) is 1. The minimum Gasteiger partial charge on any atom is -0.507 e. The van der Waals surface area contributed by atoms with E-state index in [1.54, 1.807) is 60.7 Å². The molecule has 1 amide bonds. The van der Waals surface area contributed by atoms with Crippen LogP contribution in [0.25, 0.3) is 5.76 Å². The summed E-state index contributed by atoms with van der Waals surface area (Å²) in [5.41, 5.74) is 0.979. The Labute approximate surface area is 206 Å². The number of ketones is 1. The number of likely N-dealkylation sites (tertiary alicyclic amines) is 1. The molecule has 4 aromatic rings. The average molecular weight is 486 g/mol. The zero-order chi connectivity index (χ0) is 24.4. The molecule has 6 nitrogen and oxygen atoms in total. The van der Waals surface area contributed by atoms with Gasteiger partial charge in [-0.2, -0.15) is 0 Å². The number of furan rings is 1. The van der Waals surface area contributed by atoms with E-state index in [1.807, 2.05) is 30.3 Å². The molecule has 1 aliphatic heterocycles. The fourth-order valence-corrected chi connectivity index (χ4v) is 4.22. The zero-order valence-electron chi connectivity index (χ0n) is 18.4. The maximum atomic E-state index is 13.2. The Hall–Kier alpha value is -4.29. The molecule has 35 heavy (non-hydrogen) atoms. The van der Waals surface area contributed by atoms with Crippen LogP contribution in [-0.4, -0.2) is 21.7 Å². The summed E-state index contributed by atoms with van der Waals surface area (Å²) in [6.45, 7) is 0.0589. The number of carbonyl (C=O) groups excluding carboxylic acids is 2. The van der Waals surface area contributed by atoms with Crippen LogP contribution in [-0.2, 0) is 16.1 Å². The number of amides is 1. The number of carbonyl (C=O) groups is 2. The molecule has 3 aromatic carbocycles. The van der Waals surface area contributed by atoms with E-state index < -0.39 is 17.7 Å². The maximum absolute atomic E-state index is 13.2. The monoisotopic (exact) mass is 485 g/mol. The summed E-state index contributed by atoms with van der Waals surface area (Å²) in [6.07, 6.45) is 1.50. The second-order valence-electron chi connectivity index (χ2n) is 8.00. The summed E-state index contributed by atoms with van der Waals surface area (Å²) in [4.78, 5) is 27.7. The van der Waals surface area contributed by atoms with E-state index >= 15 is 0 Å². The Morgan fingerprint density at radius 2 is 1.66 bits per heavy atom. The molecule has 1 atom stereocenters. The molecule has 2 heterocycles. The van der Waals surface area contributed by atoms with Gasteiger partial charge in [0, 0.05) is 10.6 Å². The van der Waals surface area contributed by atoms with Crippen LogP contribution in [0, 0.1) is 0 Å². The van der Waals surface area contributed by atoms with E-state index in [-0.39, 0.29) is 17.9 Å². The van der Waals surface area contributed by atoms with Crippen molar-refractivity contribution in [2.24, 2.45) is 0 Å². The Balaban J connectivity index is 1.61. The number of halogens is 1. The van der Waals surface area contributed by atoms with Crippen molar-refractivity contribution in [2.75, 3.05) is 0 Å². The summed E-state index contributed by atoms with van der Waals surface area (Å²) in [6, 6.07) is 25.4. The molecule has 1 N–H and O–H groups in total. The fourth-order valence-electron chi connectivity index (χ4n) is 4.10. The predicted octanol–water partition coefficient (Wildman–Crippen LogP) is 6.35. The number of hydrogen-bond donors (Lipinski definition) is 1. The van der Waals surface area contributed by atoms with Gasteiger partial charge in [-0.25, -0.2) is 0 Å². The predicted molar refractivity (Wildman–Crippen MR) is 131 cm³/mol. The largest absolute Gasteiger partial charge is 0.507 e. The minimum absolute atomic E-state index is 0.0132. The average Bonchev–Trinajstić information content (AvgIpc) is 3.47. The molecule has 1 fully saturated rings. The molecular formula is C28H20ClNO5. The van der Waals surface area contributed by atoms with Gasteiger partial charge in [0.2, 0.25) is 0 Å². The van der Waals surface area contributed by atoms with Gasteiger partial charge < -0.3 is 19.2 Å². The molecule has 0 aliphatic carbocycles. The Morgan fingerprint density at radius 3 is 2.37 bits per heavy atom. The third kappa shape index (κ3) is 4.56. The van der Waals surface area contributed by atoms with Gasteiger partial charge in [0.1, 0.15) is 23.0 Å². The van der Waals surface area contributed by atoms with E-state index in [1.165, 1.54) is 11.2 Å². The third-order valence-electron chi connectivity index (χ3n) is 5.72. The normalized spacial score (nSPS) is 17.1. The van der Waals surface area contributed by atoms with Gasteiger partial charge >= 0.3 is 0 Å². The molecule has 1 saturated heterocycles. The summed E-state index contributed by atoms with van der Waals surface area (Å²) < 4.78 is 11.4. The van der Waals surface area contributed by atoms with Crippen molar-refractivity contribution < 1.29 is 23.8 Å². The lowest BCUT2D eigenvalue weighted by Gasteiger charge is -2.25. The van der Waals surface area contributed by atoms with Gasteiger partial charge in [0.15, 0.2) is 0 Å². The van der Waals surface area contributed by atoms with Crippen LogP contribution in [0.2, 0.25) is 5.02 Å². The van der Waals surface area contributed by atoms with Crippen molar-refractivity contribution in [1.82, 2.24) is 4.90 Å². The highest BCUT2D eigenvalue weighted by atomic mass is 35.5. The standard InChI is InChI=1S/C28H20ClNO5/c29-20-13-11-18(12-14-20)26(31)24-25(30(28(33)27(24)32)17-23-10-5-15-34-23)19-6-4-9-22(16-19)35-21-7-2-1-3-8-21/h1-16,25,31H,17H2/b26-24+. The fraction of sp³-hybridized carbons (Fsp3) is 0.0714. The summed E-state index contributed by atoms with van der Waals surface area (Å²) in [7, 11) is 0. The molecule has 1 unspecified atom stereocenters. The number of ether oxygens (including phenoxy) is 1. The Morgan fingerprint density at radius 1 is 0.914 bits per heavy atom. The number of hydrogen-bond acceptors (Lipinski definition) is 5. The highest BCUT2D eigenvalue weighted by molar-refractivity contribution is 6.46. The van der Waals surface area contributed by atoms with Crippen LogP contribution >= 0.6 is 11.6 Å². The first-order chi connectivity index (χ1) is 17.0. The molecule has 0 radical (unpaired) electrons. The van der Waals surface area contributed by atoms with Crippen molar-refractivity contribution in [3.8, 4) is 11.5 Å². The van der Waals surface area contributed by atoms with Crippen LogP contribution < -0.4 is 4.74 Å². The van der Waals surface area contributed by atoms with Gasteiger partial charge in [-0.15, -0.1) is 0 Å². The number of aliphatic hydroxyl groups is 1. The molecule has 7 heteroatoms. The number of rotatable bonds is 6. The van der Waals surface area contributed by atoms with E-state index in [2.05, 4.69) is 0 Å². The molecule has 0 saturated carbocycles. The molecule has 174 valence electrons. The second kappa shape index (κ2) is 9.52. The smallest absolute Gasteiger partial charge is 0.296 e. The second-order valence-corrected chi connectivity index (χ2v) is 8.44. The molecular weight excluding hydrogens is 466 g/mol. The van der Waals surface area contributed by atoms with Gasteiger partial charge in [-0.05, 0) is 66.2 Å². The Kier molecular flexibility index (Phi) is 6.12. The third-order valence-corrected chi connectivity index (χ3v) is 5.97. The minimum atomic E-state index is -0.852. The van der Waals surface area contributed by atoms with Gasteiger partial charge in [0.05, 0.1) is 24.4 Å². The van der Waals surface area contributed by atoms with Gasteiger partial charge in [-0.1, -0.05) is 41.9 Å². The Bertz CT molecular complexity index is 1400. The summed E-state index contributed by atoms with van der Waals surface area (Å²) in [5, 5.41) is 11.6. The lowest BCUT2D eigenvalue weighted by molar-refractivity contribution is -0.140. The van der Waals surface area contributed by atoms with Crippen LogP contribution in [0.15, 0.2) is 107 Å². The van der Waals surface area contributed by atoms with Crippen LogP contribution in [0.4, 0.5) is 0 Å². The quantitative estimate of drug-likeness (QED) is 0.195.